The molecule has 8 heteroatoms. The molecule has 2 aromatic heterocycles. The highest BCUT2D eigenvalue weighted by Gasteiger charge is 2.16. The number of hydrogen-bond donors (Lipinski definition) is 2. The number of amides is 1. The van der Waals surface area contributed by atoms with Crippen molar-refractivity contribution in [2.24, 2.45) is 10.2 Å². The molecule has 0 spiro atoms. The van der Waals surface area contributed by atoms with Crippen molar-refractivity contribution in [2.45, 2.75) is 9.79 Å². The maximum absolute atomic E-state index is 13.5. The van der Waals surface area contributed by atoms with Gasteiger partial charge in [-0.25, -0.2) is 4.39 Å². The van der Waals surface area contributed by atoms with Crippen LogP contribution in [0.5, 0.6) is 5.88 Å². The van der Waals surface area contributed by atoms with Crippen LogP contribution in [0.15, 0.2) is 87.0 Å². The number of fused-ring (bicyclic) bond motifs is 1. The van der Waals surface area contributed by atoms with Crippen LogP contribution in [0.4, 0.5) is 10.1 Å². The number of carbonyl (C=O) groups excluding carboxylic acids is 1. The Morgan fingerprint density at radius 3 is 2.68 bits per heavy atom. The van der Waals surface area contributed by atoms with E-state index in [1.807, 2.05) is 12.1 Å². The lowest BCUT2D eigenvalue weighted by atomic mass is 10.2. The predicted molar refractivity (Wildman–Crippen MR) is 104 cm³/mol. The van der Waals surface area contributed by atoms with Crippen molar-refractivity contribution in [2.75, 3.05) is 0 Å². The first-order valence-electron chi connectivity index (χ1n) is 8.25. The molecular weight excluding hydrogens is 379 g/mol. The van der Waals surface area contributed by atoms with E-state index >= 15 is 0 Å². The molecule has 0 radical (unpaired) electrons. The van der Waals surface area contributed by atoms with E-state index in [0.29, 0.717) is 21.4 Å². The Morgan fingerprint density at radius 1 is 1.11 bits per heavy atom. The molecule has 4 aromatic rings. The van der Waals surface area contributed by atoms with Gasteiger partial charge in [-0.3, -0.25) is 9.78 Å². The van der Waals surface area contributed by atoms with Crippen molar-refractivity contribution in [3.8, 4) is 5.88 Å². The number of benzene rings is 2. The van der Waals surface area contributed by atoms with Crippen LogP contribution in [-0.2, 0) is 0 Å². The molecule has 0 aliphatic carbocycles. The van der Waals surface area contributed by atoms with Gasteiger partial charge in [-0.1, -0.05) is 23.9 Å². The van der Waals surface area contributed by atoms with Crippen molar-refractivity contribution in [1.82, 2.24) is 9.97 Å². The largest absolute Gasteiger partial charge is 0.493 e. The number of H-pyrrole nitrogens is 1. The molecule has 28 heavy (non-hydrogen) atoms. The van der Waals surface area contributed by atoms with E-state index in [2.05, 4.69) is 20.2 Å². The van der Waals surface area contributed by atoms with Crippen LogP contribution in [0.2, 0.25) is 0 Å². The second-order valence-electron chi connectivity index (χ2n) is 5.80. The minimum atomic E-state index is -0.550. The van der Waals surface area contributed by atoms with Gasteiger partial charge < -0.3 is 10.1 Å². The van der Waals surface area contributed by atoms with Gasteiger partial charge in [0.2, 0.25) is 5.88 Å². The number of nitrogens with zero attached hydrogens (tertiary/aromatic N) is 3. The zero-order chi connectivity index (χ0) is 19.5. The summed E-state index contributed by atoms with van der Waals surface area (Å²) in [5.41, 5.74) is 1.12. The van der Waals surface area contributed by atoms with E-state index in [9.17, 15) is 14.3 Å². The number of aromatic nitrogens is 2. The molecule has 0 aliphatic rings. The number of azo groups is 1. The molecule has 138 valence electrons. The summed E-state index contributed by atoms with van der Waals surface area (Å²) in [7, 11) is 0. The first-order chi connectivity index (χ1) is 13.6. The third-order valence-electron chi connectivity index (χ3n) is 3.93. The van der Waals surface area contributed by atoms with Gasteiger partial charge in [-0.15, -0.1) is 10.2 Å². The van der Waals surface area contributed by atoms with Gasteiger partial charge in [0.05, 0.1) is 5.52 Å². The minimum absolute atomic E-state index is 0.150. The molecule has 0 saturated heterocycles. The highest BCUT2D eigenvalue weighted by Crippen LogP contribution is 2.43. The summed E-state index contributed by atoms with van der Waals surface area (Å²) in [5.74, 6) is -1.09. The Bertz CT molecular complexity index is 1190. The molecule has 6 nitrogen and oxygen atoms in total. The van der Waals surface area contributed by atoms with Crippen molar-refractivity contribution in [3.05, 3.63) is 78.4 Å². The molecule has 2 aromatic carbocycles. The van der Waals surface area contributed by atoms with Crippen LogP contribution in [0.25, 0.3) is 10.9 Å². The normalized spacial score (nSPS) is 11.3. The van der Waals surface area contributed by atoms with Crippen LogP contribution in [-0.4, -0.2) is 21.0 Å². The number of carbonyl (C=O) groups is 1. The van der Waals surface area contributed by atoms with Crippen LogP contribution in [0, 0.1) is 5.82 Å². The summed E-state index contributed by atoms with van der Waals surface area (Å²) in [6, 6.07) is 14.7. The molecule has 0 aliphatic heterocycles. The Kier molecular flexibility index (Phi) is 4.86. The minimum Gasteiger partial charge on any atom is -0.493 e. The van der Waals surface area contributed by atoms with Crippen molar-refractivity contribution in [1.29, 1.82) is 0 Å². The Balaban J connectivity index is 1.73. The third kappa shape index (κ3) is 3.63. The van der Waals surface area contributed by atoms with E-state index in [4.69, 9.17) is 0 Å². The number of aromatic hydroxyl groups is 1. The molecular formula is C20H13FN4O2S. The van der Waals surface area contributed by atoms with Crippen LogP contribution >= 0.6 is 11.8 Å². The number of aromatic amines is 1. The topological polar surface area (TPSA) is 90.7 Å². The highest BCUT2D eigenvalue weighted by atomic mass is 32.2. The Labute approximate surface area is 163 Å². The fourth-order valence-corrected chi connectivity index (χ4v) is 3.70. The van der Waals surface area contributed by atoms with E-state index < -0.39 is 5.91 Å². The molecule has 0 fully saturated rings. The first kappa shape index (κ1) is 17.9. The monoisotopic (exact) mass is 392 g/mol. The average molecular weight is 392 g/mol. The van der Waals surface area contributed by atoms with Gasteiger partial charge in [0.1, 0.15) is 5.82 Å². The standard InChI is InChI=1S/C20H13FN4O2S/c21-13-3-1-4-14(11-13)28-16-6-2-5-15-17(16)18(20(27)23-15)24-25-19(26)12-7-9-22-10-8-12/h1-11,23,27H. The van der Waals surface area contributed by atoms with Crippen LogP contribution in [0.3, 0.4) is 0 Å². The Hall–Kier alpha value is -3.52. The summed E-state index contributed by atoms with van der Waals surface area (Å²) in [6.07, 6.45) is 2.97. The lowest BCUT2D eigenvalue weighted by Gasteiger charge is -2.04. The van der Waals surface area contributed by atoms with Crippen LogP contribution < -0.4 is 0 Å². The molecule has 0 bridgehead atoms. The lowest BCUT2D eigenvalue weighted by molar-refractivity contribution is 0.0995. The smallest absolute Gasteiger partial charge is 0.295 e. The van der Waals surface area contributed by atoms with Crippen molar-refractivity contribution in [3.63, 3.8) is 0 Å². The number of pyridine rings is 1. The van der Waals surface area contributed by atoms with E-state index in [0.717, 1.165) is 4.90 Å². The number of hydrogen-bond acceptors (Lipinski definition) is 5. The SMILES string of the molecule is O=C(N=Nc1c(O)[nH]c2cccc(Sc3cccc(F)c3)c12)c1ccncc1. The molecule has 0 saturated carbocycles. The highest BCUT2D eigenvalue weighted by molar-refractivity contribution is 7.99. The zero-order valence-corrected chi connectivity index (χ0v) is 15.2. The predicted octanol–water partition coefficient (Wildman–Crippen LogP) is 5.48. The lowest BCUT2D eigenvalue weighted by Crippen LogP contribution is -1.92. The fourth-order valence-electron chi connectivity index (χ4n) is 2.67. The summed E-state index contributed by atoms with van der Waals surface area (Å²) in [6.45, 7) is 0. The molecule has 0 unspecified atom stereocenters. The van der Waals surface area contributed by atoms with Crippen LogP contribution in [0.1, 0.15) is 10.4 Å². The van der Waals surface area contributed by atoms with E-state index in [1.54, 1.807) is 18.2 Å². The van der Waals surface area contributed by atoms with Crippen molar-refractivity contribution >= 4 is 34.3 Å². The fraction of sp³-hybridized carbons (Fsp3) is 0. The van der Waals surface area contributed by atoms with Gasteiger partial charge in [-0.05, 0) is 42.5 Å². The molecule has 2 N–H and O–H groups in total. The summed E-state index contributed by atoms with van der Waals surface area (Å²) in [5, 5.41) is 18.5. The number of rotatable bonds is 4. The summed E-state index contributed by atoms with van der Waals surface area (Å²) >= 11 is 1.32. The molecule has 1 amide bonds. The third-order valence-corrected chi connectivity index (χ3v) is 4.98. The van der Waals surface area contributed by atoms with E-state index in [-0.39, 0.29) is 17.4 Å². The van der Waals surface area contributed by atoms with Gasteiger partial charge in [0.25, 0.3) is 5.91 Å². The first-order valence-corrected chi connectivity index (χ1v) is 9.06. The number of halogens is 1. The molecule has 0 atom stereocenters. The molecule has 2 heterocycles. The second-order valence-corrected chi connectivity index (χ2v) is 6.92. The van der Waals surface area contributed by atoms with Gasteiger partial charge in [0, 0.05) is 33.1 Å². The molecule has 4 rings (SSSR count). The van der Waals surface area contributed by atoms with Gasteiger partial charge in [0.15, 0.2) is 5.69 Å². The quantitative estimate of drug-likeness (QED) is 0.450. The average Bonchev–Trinajstić information content (AvgIpc) is 3.03. The van der Waals surface area contributed by atoms with E-state index in [1.165, 1.54) is 48.4 Å². The van der Waals surface area contributed by atoms with Gasteiger partial charge >= 0.3 is 0 Å². The van der Waals surface area contributed by atoms with Gasteiger partial charge in [-0.2, -0.15) is 0 Å². The zero-order valence-electron chi connectivity index (χ0n) is 14.3. The number of nitrogens with one attached hydrogen (secondary N) is 1. The Morgan fingerprint density at radius 2 is 1.89 bits per heavy atom. The summed E-state index contributed by atoms with van der Waals surface area (Å²) in [4.78, 5) is 20.3. The summed E-state index contributed by atoms with van der Waals surface area (Å²) < 4.78 is 13.5. The van der Waals surface area contributed by atoms with Crippen molar-refractivity contribution < 1.29 is 14.3 Å². The maximum Gasteiger partial charge on any atom is 0.295 e. The second kappa shape index (κ2) is 7.61. The maximum atomic E-state index is 13.5.